The third-order valence-electron chi connectivity index (χ3n) is 5.41. The van der Waals surface area contributed by atoms with E-state index in [1.165, 1.54) is 16.9 Å². The molecule has 1 fully saturated rings. The van der Waals surface area contributed by atoms with Crippen LogP contribution in [0.5, 0.6) is 0 Å². The van der Waals surface area contributed by atoms with Gasteiger partial charge in [0.2, 0.25) is 17.7 Å². The van der Waals surface area contributed by atoms with E-state index >= 15 is 0 Å². The zero-order valence-electron chi connectivity index (χ0n) is 17.8. The van der Waals surface area contributed by atoms with Gasteiger partial charge >= 0.3 is 0 Å². The van der Waals surface area contributed by atoms with Crippen LogP contribution < -0.4 is 0 Å². The third kappa shape index (κ3) is 5.21. The van der Waals surface area contributed by atoms with Crippen LogP contribution >= 0.6 is 0 Å². The molecule has 0 unspecified atom stereocenters. The average molecular weight is 443 g/mol. The van der Waals surface area contributed by atoms with Gasteiger partial charge in [-0.15, -0.1) is 20.4 Å². The number of hydrogen-bond acceptors (Lipinski definition) is 7. The molecule has 1 amide bonds. The average Bonchev–Trinajstić information content (AvgIpc) is 3.37. The molecule has 0 bridgehead atoms. The number of rotatable bonds is 6. The highest BCUT2D eigenvalue weighted by Crippen LogP contribution is 2.22. The number of hydrogen-bond donors (Lipinski definition) is 0. The standard InChI is InChI=1S/C21H23F2N7O2/c1-13-24-28-30(27-13)12-17-11-19(23)18(22)10-16(17)3-4-21(31)29-7-5-15(6-8-29)9-20-26-25-14(2)32-20/h3-4,10-11,15H,5-9,12H2,1-2H3. The molecule has 11 heteroatoms. The van der Waals surface area contributed by atoms with Crippen LogP contribution in [0.4, 0.5) is 8.78 Å². The molecule has 3 heterocycles. The van der Waals surface area contributed by atoms with Crippen molar-refractivity contribution in [1.29, 1.82) is 0 Å². The number of tetrazole rings is 1. The minimum Gasteiger partial charge on any atom is -0.426 e. The van der Waals surface area contributed by atoms with Crippen LogP contribution in [0.25, 0.3) is 6.08 Å². The molecular formula is C21H23F2N7O2. The van der Waals surface area contributed by atoms with E-state index in [2.05, 4.69) is 25.6 Å². The lowest BCUT2D eigenvalue weighted by Gasteiger charge is -2.30. The van der Waals surface area contributed by atoms with Gasteiger partial charge in [-0.3, -0.25) is 4.79 Å². The maximum atomic E-state index is 13.8. The highest BCUT2D eigenvalue weighted by atomic mass is 19.2. The van der Waals surface area contributed by atoms with Gasteiger partial charge < -0.3 is 9.32 Å². The third-order valence-corrected chi connectivity index (χ3v) is 5.41. The van der Waals surface area contributed by atoms with Gasteiger partial charge in [0, 0.05) is 32.5 Å². The maximum absolute atomic E-state index is 13.8. The summed E-state index contributed by atoms with van der Waals surface area (Å²) in [5.41, 5.74) is 0.827. The minimum absolute atomic E-state index is 0.104. The Labute approximate surface area is 183 Å². The first-order valence-corrected chi connectivity index (χ1v) is 10.4. The Morgan fingerprint density at radius 1 is 1.16 bits per heavy atom. The summed E-state index contributed by atoms with van der Waals surface area (Å²) in [6.45, 7) is 4.75. The smallest absolute Gasteiger partial charge is 0.246 e. The number of nitrogens with zero attached hydrogens (tertiary/aromatic N) is 7. The number of amides is 1. The van der Waals surface area contributed by atoms with Crippen LogP contribution in [0.2, 0.25) is 0 Å². The Hall–Kier alpha value is -3.50. The monoisotopic (exact) mass is 443 g/mol. The van der Waals surface area contributed by atoms with E-state index in [0.717, 1.165) is 25.0 Å². The van der Waals surface area contributed by atoms with Gasteiger partial charge in [0.15, 0.2) is 17.5 Å². The highest BCUT2D eigenvalue weighted by Gasteiger charge is 2.23. The number of carbonyl (C=O) groups excluding carboxylic acids is 1. The second-order valence-electron chi connectivity index (χ2n) is 7.85. The predicted molar refractivity (Wildman–Crippen MR) is 109 cm³/mol. The molecule has 1 aliphatic rings. The van der Waals surface area contributed by atoms with E-state index in [4.69, 9.17) is 4.42 Å². The van der Waals surface area contributed by atoms with Crippen molar-refractivity contribution in [3.8, 4) is 0 Å². The van der Waals surface area contributed by atoms with Crippen LogP contribution in [-0.4, -0.2) is 54.3 Å². The van der Waals surface area contributed by atoms with Crippen molar-refractivity contribution < 1.29 is 18.0 Å². The van der Waals surface area contributed by atoms with E-state index in [0.29, 0.717) is 54.2 Å². The first kappa shape index (κ1) is 21.7. The normalized spacial score (nSPS) is 15.1. The molecule has 168 valence electrons. The summed E-state index contributed by atoms with van der Waals surface area (Å²) < 4.78 is 33.1. The lowest BCUT2D eigenvalue weighted by atomic mass is 9.93. The Bertz CT molecular complexity index is 1130. The first-order chi connectivity index (χ1) is 15.4. The van der Waals surface area contributed by atoms with Crippen LogP contribution in [-0.2, 0) is 17.8 Å². The molecule has 1 aliphatic heterocycles. The number of aryl methyl sites for hydroxylation is 2. The number of halogens is 2. The molecule has 1 saturated heterocycles. The van der Waals surface area contributed by atoms with Crippen molar-refractivity contribution in [3.63, 3.8) is 0 Å². The van der Waals surface area contributed by atoms with E-state index < -0.39 is 11.6 Å². The van der Waals surface area contributed by atoms with Gasteiger partial charge in [0.1, 0.15) is 0 Å². The van der Waals surface area contributed by atoms with Crippen molar-refractivity contribution in [2.24, 2.45) is 5.92 Å². The van der Waals surface area contributed by atoms with E-state index in [-0.39, 0.29) is 12.5 Å². The molecule has 0 saturated carbocycles. The van der Waals surface area contributed by atoms with E-state index in [1.54, 1.807) is 18.7 Å². The maximum Gasteiger partial charge on any atom is 0.246 e. The summed E-state index contributed by atoms with van der Waals surface area (Å²) in [4.78, 5) is 15.7. The summed E-state index contributed by atoms with van der Waals surface area (Å²) in [6, 6.07) is 2.15. The zero-order chi connectivity index (χ0) is 22.7. The van der Waals surface area contributed by atoms with Crippen LogP contribution in [0.15, 0.2) is 22.6 Å². The highest BCUT2D eigenvalue weighted by molar-refractivity contribution is 5.92. The van der Waals surface area contributed by atoms with Crippen molar-refractivity contribution in [1.82, 2.24) is 35.3 Å². The number of piperidine rings is 1. The lowest BCUT2D eigenvalue weighted by molar-refractivity contribution is -0.127. The Morgan fingerprint density at radius 2 is 1.91 bits per heavy atom. The molecule has 0 atom stereocenters. The number of likely N-dealkylation sites (tertiary alicyclic amines) is 1. The predicted octanol–water partition coefficient (Wildman–Crippen LogP) is 2.49. The van der Waals surface area contributed by atoms with Crippen LogP contribution in [0.1, 0.15) is 41.6 Å². The van der Waals surface area contributed by atoms with Crippen LogP contribution in [0.3, 0.4) is 0 Å². The summed E-state index contributed by atoms with van der Waals surface area (Å²) in [5, 5.41) is 19.6. The molecule has 3 aromatic rings. The summed E-state index contributed by atoms with van der Waals surface area (Å²) >= 11 is 0. The molecule has 2 aromatic heterocycles. The fraction of sp³-hybridized carbons (Fsp3) is 0.429. The van der Waals surface area contributed by atoms with Crippen molar-refractivity contribution >= 4 is 12.0 Å². The molecule has 32 heavy (non-hydrogen) atoms. The van der Waals surface area contributed by atoms with Gasteiger partial charge in [-0.25, -0.2) is 8.78 Å². The van der Waals surface area contributed by atoms with Crippen molar-refractivity contribution in [2.45, 2.75) is 39.7 Å². The van der Waals surface area contributed by atoms with Crippen molar-refractivity contribution in [2.75, 3.05) is 13.1 Å². The Morgan fingerprint density at radius 3 is 2.56 bits per heavy atom. The largest absolute Gasteiger partial charge is 0.426 e. The number of carbonyl (C=O) groups is 1. The van der Waals surface area contributed by atoms with Gasteiger partial charge in [0.05, 0.1) is 6.54 Å². The summed E-state index contributed by atoms with van der Waals surface area (Å²) in [7, 11) is 0. The van der Waals surface area contributed by atoms with Gasteiger partial charge in [-0.2, -0.15) is 4.80 Å². The second kappa shape index (κ2) is 9.33. The van der Waals surface area contributed by atoms with Crippen LogP contribution in [0, 0.1) is 31.4 Å². The molecule has 0 aliphatic carbocycles. The summed E-state index contributed by atoms with van der Waals surface area (Å²) in [6.07, 6.45) is 5.24. The Kier molecular flexibility index (Phi) is 6.33. The topological polar surface area (TPSA) is 103 Å². The molecule has 9 nitrogen and oxygen atoms in total. The SMILES string of the molecule is Cc1nnn(Cc2cc(F)c(F)cc2C=CC(=O)N2CCC(Cc3nnc(C)o3)CC2)n1. The molecular weight excluding hydrogens is 420 g/mol. The zero-order valence-corrected chi connectivity index (χ0v) is 17.8. The Balaban J connectivity index is 1.39. The molecule has 0 N–H and O–H groups in total. The van der Waals surface area contributed by atoms with Gasteiger partial charge in [-0.1, -0.05) is 0 Å². The van der Waals surface area contributed by atoms with Gasteiger partial charge in [-0.05, 0) is 60.2 Å². The first-order valence-electron chi connectivity index (χ1n) is 10.4. The quantitative estimate of drug-likeness (QED) is 0.539. The molecule has 0 spiro atoms. The number of aromatic nitrogens is 6. The molecule has 1 aromatic carbocycles. The number of benzene rings is 1. The lowest BCUT2D eigenvalue weighted by Crippen LogP contribution is -2.38. The fourth-order valence-corrected chi connectivity index (χ4v) is 3.73. The van der Waals surface area contributed by atoms with Crippen molar-refractivity contribution in [3.05, 3.63) is 58.6 Å². The van der Waals surface area contributed by atoms with Gasteiger partial charge in [0.25, 0.3) is 0 Å². The second-order valence-corrected chi connectivity index (χ2v) is 7.85. The van der Waals surface area contributed by atoms with E-state index in [1.807, 2.05) is 0 Å². The molecule has 0 radical (unpaired) electrons. The fourth-order valence-electron chi connectivity index (χ4n) is 3.73. The van der Waals surface area contributed by atoms with E-state index in [9.17, 15) is 13.6 Å². The molecule has 4 rings (SSSR count). The summed E-state index contributed by atoms with van der Waals surface area (Å²) in [5.74, 6) is -0.127. The minimum atomic E-state index is -0.986.